The van der Waals surface area contributed by atoms with Gasteiger partial charge in [-0.05, 0) is 49.4 Å². The van der Waals surface area contributed by atoms with Crippen LogP contribution in [0.2, 0.25) is 0 Å². The normalized spacial score (nSPS) is 11.6. The van der Waals surface area contributed by atoms with Crippen LogP contribution in [0.25, 0.3) is 26.8 Å². The number of thiophene rings is 1. The smallest absolute Gasteiger partial charge is 0.268 e. The second-order valence-electron chi connectivity index (χ2n) is 7.91. The molecule has 0 saturated heterocycles. The maximum absolute atomic E-state index is 12.8. The summed E-state index contributed by atoms with van der Waals surface area (Å²) in [6.07, 6.45) is 0.893. The van der Waals surface area contributed by atoms with Crippen LogP contribution >= 0.6 is 11.3 Å². The topological polar surface area (TPSA) is 96.2 Å². The van der Waals surface area contributed by atoms with Crippen LogP contribution in [0.4, 0.5) is 0 Å². The van der Waals surface area contributed by atoms with E-state index < -0.39 is 0 Å². The van der Waals surface area contributed by atoms with Crippen molar-refractivity contribution in [2.75, 3.05) is 7.05 Å². The van der Waals surface area contributed by atoms with Crippen molar-refractivity contribution in [3.63, 3.8) is 0 Å². The van der Waals surface area contributed by atoms with Crippen molar-refractivity contribution in [1.29, 1.82) is 0 Å². The second-order valence-corrected chi connectivity index (χ2v) is 8.83. The van der Waals surface area contributed by atoms with Crippen molar-refractivity contribution in [3.8, 4) is 0 Å². The van der Waals surface area contributed by atoms with Gasteiger partial charge in [0.05, 0.1) is 17.6 Å². The lowest BCUT2D eigenvalue weighted by Gasteiger charge is -2.17. The van der Waals surface area contributed by atoms with E-state index in [1.54, 1.807) is 11.9 Å². The van der Waals surface area contributed by atoms with Crippen molar-refractivity contribution in [2.24, 2.45) is 0 Å². The molecule has 0 fully saturated rings. The predicted octanol–water partition coefficient (Wildman–Crippen LogP) is 3.39. The molecule has 1 N–H and O–H groups in total. The fourth-order valence-corrected chi connectivity index (χ4v) is 4.80. The summed E-state index contributed by atoms with van der Waals surface area (Å²) in [5.41, 5.74) is 5.16. The second kappa shape index (κ2) is 7.83. The Hall–Kier alpha value is -3.59. The van der Waals surface area contributed by atoms with Gasteiger partial charge in [0, 0.05) is 30.2 Å². The van der Waals surface area contributed by atoms with Crippen molar-refractivity contribution < 1.29 is 4.79 Å². The highest BCUT2D eigenvalue weighted by atomic mass is 32.1. The summed E-state index contributed by atoms with van der Waals surface area (Å²) in [5.74, 6) is 0.456. The first-order valence-corrected chi connectivity index (χ1v) is 11.2. The Bertz CT molecular complexity index is 1550. The fourth-order valence-electron chi connectivity index (χ4n) is 4.07. The number of aromatic nitrogens is 5. The molecule has 1 amide bonds. The van der Waals surface area contributed by atoms with Gasteiger partial charge in [0.1, 0.15) is 10.5 Å². The molecule has 0 saturated carbocycles. The van der Waals surface area contributed by atoms with E-state index in [2.05, 4.69) is 15.1 Å². The van der Waals surface area contributed by atoms with E-state index in [1.807, 2.05) is 54.1 Å². The van der Waals surface area contributed by atoms with Crippen LogP contribution in [0.15, 0.2) is 40.5 Å². The minimum Gasteiger partial charge on any atom is -0.338 e. The summed E-state index contributed by atoms with van der Waals surface area (Å²) < 4.78 is 2.47. The van der Waals surface area contributed by atoms with Crippen LogP contribution in [-0.4, -0.2) is 42.4 Å². The van der Waals surface area contributed by atoms with Crippen molar-refractivity contribution in [3.05, 3.63) is 68.8 Å². The molecule has 4 aromatic heterocycles. The summed E-state index contributed by atoms with van der Waals surface area (Å²) in [7, 11) is 1.72. The molecule has 0 unspecified atom stereocenters. The van der Waals surface area contributed by atoms with Gasteiger partial charge in [0.25, 0.3) is 5.56 Å². The molecule has 0 spiro atoms. The van der Waals surface area contributed by atoms with Crippen LogP contribution in [0.3, 0.4) is 0 Å². The Labute approximate surface area is 187 Å². The highest BCUT2D eigenvalue weighted by Crippen LogP contribution is 2.23. The van der Waals surface area contributed by atoms with Crippen molar-refractivity contribution in [1.82, 2.24) is 29.5 Å². The lowest BCUT2D eigenvalue weighted by molar-refractivity contribution is -0.130. The van der Waals surface area contributed by atoms with Gasteiger partial charge in [0.15, 0.2) is 5.65 Å². The Morgan fingerprint density at radius 3 is 2.81 bits per heavy atom. The van der Waals surface area contributed by atoms with Crippen LogP contribution in [0, 0.1) is 13.8 Å². The Morgan fingerprint density at radius 2 is 1.97 bits per heavy atom. The number of carbonyl (C=O) groups is 1. The minimum atomic E-state index is -0.168. The maximum Gasteiger partial charge on any atom is 0.268 e. The van der Waals surface area contributed by atoms with E-state index >= 15 is 0 Å². The van der Waals surface area contributed by atoms with Gasteiger partial charge in [-0.2, -0.15) is 5.10 Å². The molecule has 5 rings (SSSR count). The highest BCUT2D eigenvalue weighted by molar-refractivity contribution is 7.17. The molecule has 9 heteroatoms. The van der Waals surface area contributed by atoms with E-state index in [4.69, 9.17) is 4.98 Å². The molecular formula is C23H22N6O2S. The molecule has 8 nitrogen and oxygen atoms in total. The Balaban J connectivity index is 1.34. The quantitative estimate of drug-likeness (QED) is 0.446. The number of nitrogens with one attached hydrogen (secondary N) is 1. The largest absolute Gasteiger partial charge is 0.338 e. The number of carbonyl (C=O) groups excluding carboxylic acids is 1. The summed E-state index contributed by atoms with van der Waals surface area (Å²) in [5, 5.41) is 7.54. The zero-order valence-corrected chi connectivity index (χ0v) is 18.9. The monoisotopic (exact) mass is 446 g/mol. The molecular weight excluding hydrogens is 424 g/mol. The van der Waals surface area contributed by atoms with Gasteiger partial charge in [0.2, 0.25) is 5.91 Å². The molecule has 0 radical (unpaired) electrons. The van der Waals surface area contributed by atoms with Gasteiger partial charge >= 0.3 is 0 Å². The SMILES string of the molecule is Cc1nc2c3ccccc3nn2c(C)c1CCC(=O)N(C)Cc1nc2ccsc2c(=O)[nH]1. The van der Waals surface area contributed by atoms with E-state index in [-0.39, 0.29) is 18.0 Å². The fraction of sp³-hybridized carbons (Fsp3) is 0.261. The molecule has 5 aromatic rings. The number of fused-ring (bicyclic) bond motifs is 4. The zero-order valence-electron chi connectivity index (χ0n) is 18.0. The molecule has 162 valence electrons. The zero-order chi connectivity index (χ0) is 22.4. The third-order valence-electron chi connectivity index (χ3n) is 5.78. The van der Waals surface area contributed by atoms with Crippen LogP contribution in [-0.2, 0) is 17.8 Å². The third kappa shape index (κ3) is 3.44. The predicted molar refractivity (Wildman–Crippen MR) is 125 cm³/mol. The lowest BCUT2D eigenvalue weighted by Crippen LogP contribution is -2.28. The number of amides is 1. The number of benzene rings is 1. The van der Waals surface area contributed by atoms with Gasteiger partial charge < -0.3 is 9.88 Å². The van der Waals surface area contributed by atoms with Crippen molar-refractivity contribution >= 4 is 44.0 Å². The molecule has 0 aliphatic rings. The van der Waals surface area contributed by atoms with Gasteiger partial charge in [-0.3, -0.25) is 9.59 Å². The van der Waals surface area contributed by atoms with Gasteiger partial charge in [-0.15, -0.1) is 11.3 Å². The molecule has 32 heavy (non-hydrogen) atoms. The van der Waals surface area contributed by atoms with E-state index in [0.717, 1.165) is 33.5 Å². The number of hydrogen-bond acceptors (Lipinski definition) is 6. The lowest BCUT2D eigenvalue weighted by atomic mass is 10.1. The van der Waals surface area contributed by atoms with Crippen molar-refractivity contribution in [2.45, 2.75) is 33.2 Å². The standard InChI is InChI=1S/C23H22N6O2S/c1-13-15(14(2)29-22(24-13)16-6-4-5-7-17(16)27-29)8-9-20(30)28(3)12-19-25-18-10-11-32-21(18)23(31)26-19/h4-7,10-11H,8-9,12H2,1-3H3,(H,25,26,31). The molecule has 0 atom stereocenters. The maximum atomic E-state index is 12.8. The molecule has 0 bridgehead atoms. The molecule has 0 aliphatic heterocycles. The number of rotatable bonds is 5. The Morgan fingerprint density at radius 1 is 1.16 bits per heavy atom. The van der Waals surface area contributed by atoms with Crippen LogP contribution < -0.4 is 5.56 Å². The van der Waals surface area contributed by atoms with Crippen LogP contribution in [0.5, 0.6) is 0 Å². The summed E-state index contributed by atoms with van der Waals surface area (Å²) in [4.78, 5) is 38.6. The third-order valence-corrected chi connectivity index (χ3v) is 6.69. The first kappa shape index (κ1) is 20.3. The number of hydrogen-bond donors (Lipinski definition) is 1. The van der Waals surface area contributed by atoms with E-state index in [0.29, 0.717) is 28.9 Å². The van der Waals surface area contributed by atoms with Gasteiger partial charge in [-0.1, -0.05) is 12.1 Å². The summed E-state index contributed by atoms with van der Waals surface area (Å²) in [6.45, 7) is 4.24. The molecule has 4 heterocycles. The number of H-pyrrole nitrogens is 1. The summed E-state index contributed by atoms with van der Waals surface area (Å²) >= 11 is 1.36. The molecule has 1 aromatic carbocycles. The average molecular weight is 447 g/mol. The van der Waals surface area contributed by atoms with Crippen LogP contribution in [0.1, 0.15) is 29.2 Å². The first-order chi connectivity index (χ1) is 15.4. The Kier molecular flexibility index (Phi) is 4.97. The average Bonchev–Trinajstić information content (AvgIpc) is 3.38. The minimum absolute atomic E-state index is 0.0254. The molecule has 0 aliphatic carbocycles. The highest BCUT2D eigenvalue weighted by Gasteiger charge is 2.17. The van der Waals surface area contributed by atoms with Gasteiger partial charge in [-0.25, -0.2) is 14.5 Å². The summed E-state index contributed by atoms with van der Waals surface area (Å²) in [6, 6.07) is 9.76. The first-order valence-electron chi connectivity index (χ1n) is 10.4. The number of aromatic amines is 1. The van der Waals surface area contributed by atoms with E-state index in [1.165, 1.54) is 11.3 Å². The van der Waals surface area contributed by atoms with E-state index in [9.17, 15) is 9.59 Å². The number of aryl methyl sites for hydroxylation is 2. The number of nitrogens with zero attached hydrogens (tertiary/aromatic N) is 5.